The number of H-pyrrole nitrogens is 2. The number of ether oxygens (including phenoxy) is 5. The third-order valence-corrected chi connectivity index (χ3v) is 14.0. The number of benzene rings is 3. The van der Waals surface area contributed by atoms with Gasteiger partial charge < -0.3 is 54.1 Å². The zero-order valence-corrected chi connectivity index (χ0v) is 37.2. The Morgan fingerprint density at radius 2 is 1.54 bits per heavy atom. The van der Waals surface area contributed by atoms with E-state index in [1.807, 2.05) is 24.8 Å². The maximum atomic E-state index is 14.6. The molecule has 342 valence electrons. The Bertz CT molecular complexity index is 2650. The number of imidazole rings is 2. The van der Waals surface area contributed by atoms with E-state index in [0.717, 1.165) is 81.4 Å². The summed E-state index contributed by atoms with van der Waals surface area (Å²) in [6.45, 7) is 6.54. The number of methoxy groups -OCH3 is 2. The van der Waals surface area contributed by atoms with Crippen LogP contribution in [0.4, 0.5) is 9.59 Å². The number of likely N-dealkylation sites (tertiary alicyclic amines) is 2. The lowest BCUT2D eigenvalue weighted by Crippen LogP contribution is -2.54. The molecular weight excluding hydrogens is 833 g/mol. The molecule has 1 spiro atoms. The Labute approximate surface area is 376 Å². The van der Waals surface area contributed by atoms with Gasteiger partial charge in [0.25, 0.3) is 0 Å². The molecule has 0 saturated carbocycles. The molecule has 17 nitrogen and oxygen atoms in total. The number of nitrogens with one attached hydrogen (secondary N) is 4. The molecular formula is C48H56N8O9. The van der Waals surface area contributed by atoms with Crippen LogP contribution < -0.4 is 10.6 Å². The lowest BCUT2D eigenvalue weighted by atomic mass is 9.89. The Hall–Kier alpha value is -6.04. The summed E-state index contributed by atoms with van der Waals surface area (Å²) in [5.74, 6) is -0.129. The van der Waals surface area contributed by atoms with E-state index in [1.165, 1.54) is 19.8 Å². The zero-order chi connectivity index (χ0) is 45.0. The Balaban J connectivity index is 0.903. The highest BCUT2D eigenvalue weighted by Crippen LogP contribution is 2.45. The zero-order valence-electron chi connectivity index (χ0n) is 37.2. The highest BCUT2D eigenvalue weighted by Gasteiger charge is 2.53. The summed E-state index contributed by atoms with van der Waals surface area (Å²) in [5, 5.41) is 7.63. The van der Waals surface area contributed by atoms with Crippen molar-refractivity contribution in [2.45, 2.75) is 88.7 Å². The molecule has 1 unspecified atom stereocenters. The van der Waals surface area contributed by atoms with Crippen LogP contribution in [-0.2, 0) is 46.1 Å². The summed E-state index contributed by atoms with van der Waals surface area (Å²) in [4.78, 5) is 74.0. The van der Waals surface area contributed by atoms with Gasteiger partial charge in [-0.1, -0.05) is 50.2 Å². The second kappa shape index (κ2) is 17.4. The van der Waals surface area contributed by atoms with Crippen LogP contribution in [0.3, 0.4) is 0 Å². The van der Waals surface area contributed by atoms with Crippen LogP contribution in [0.1, 0.15) is 80.9 Å². The standard InChI is InChI=1S/C48H56N8O9/c1-26(2)38(53-46(59)61-3)44(57)55-17-5-6-36(55)42-49-34-13-9-30-22-28(7-11-32(30)40(34)51-42)29-8-12-33-31(23-29)10-14-35-41(33)52-43(50-35)37-24-48(64-20-21-65-48)25-56(37)45(58)39(54-47(60)62-4)27-15-18-63-19-16-27/h7-9,11-13,22-23,26-27,36-39H,5-6,10,14-21,24-25H2,1-4H3,(H,49,51)(H,50,52)(H,53,59)(H,54,60)/t36-,37-,38-,39?/m0/s1. The van der Waals surface area contributed by atoms with E-state index in [0.29, 0.717) is 58.1 Å². The van der Waals surface area contributed by atoms with E-state index in [9.17, 15) is 19.2 Å². The van der Waals surface area contributed by atoms with Crippen LogP contribution in [0.25, 0.3) is 44.2 Å². The molecule has 5 aromatic rings. The van der Waals surface area contributed by atoms with Gasteiger partial charge in [-0.05, 0) is 84.6 Å². The van der Waals surface area contributed by atoms with Crippen molar-refractivity contribution in [2.24, 2.45) is 11.8 Å². The number of carbonyl (C=O) groups excluding carboxylic acids is 4. The minimum Gasteiger partial charge on any atom is -0.453 e. The van der Waals surface area contributed by atoms with Crippen molar-refractivity contribution >= 4 is 45.8 Å². The average Bonchev–Trinajstić information content (AvgIpc) is 4.19. The molecule has 4 atom stereocenters. The minimum atomic E-state index is -0.947. The first-order valence-corrected chi connectivity index (χ1v) is 22.8. The van der Waals surface area contributed by atoms with Crippen LogP contribution in [0, 0.1) is 11.8 Å². The van der Waals surface area contributed by atoms with E-state index in [2.05, 4.69) is 63.1 Å². The largest absolute Gasteiger partial charge is 0.453 e. The van der Waals surface area contributed by atoms with Crippen LogP contribution in [0.15, 0.2) is 48.5 Å². The lowest BCUT2D eigenvalue weighted by molar-refractivity contribution is -0.154. The molecule has 1 aliphatic carbocycles. The molecule has 3 aromatic carbocycles. The van der Waals surface area contributed by atoms with Crippen molar-refractivity contribution < 1.29 is 42.9 Å². The average molecular weight is 889 g/mol. The molecule has 65 heavy (non-hydrogen) atoms. The molecule has 0 bridgehead atoms. The number of nitrogens with zero attached hydrogens (tertiary/aromatic N) is 4. The summed E-state index contributed by atoms with van der Waals surface area (Å²) >= 11 is 0. The van der Waals surface area contributed by atoms with Gasteiger partial charge in [0, 0.05) is 42.8 Å². The van der Waals surface area contributed by atoms with E-state index < -0.39 is 36.1 Å². The third kappa shape index (κ3) is 7.96. The highest BCUT2D eigenvalue weighted by atomic mass is 16.7. The molecule has 2 aromatic heterocycles. The monoisotopic (exact) mass is 888 g/mol. The number of carbonyl (C=O) groups is 4. The van der Waals surface area contributed by atoms with E-state index in [-0.39, 0.29) is 36.2 Å². The van der Waals surface area contributed by atoms with E-state index in [1.54, 1.807) is 4.90 Å². The van der Waals surface area contributed by atoms with Crippen molar-refractivity contribution in [3.8, 4) is 22.4 Å². The number of fused-ring (bicyclic) bond motifs is 6. The first-order valence-electron chi connectivity index (χ1n) is 22.8. The first-order chi connectivity index (χ1) is 31.5. The molecule has 10 rings (SSSR count). The van der Waals surface area contributed by atoms with E-state index >= 15 is 0 Å². The molecule has 4 saturated heterocycles. The molecule has 4 amide bonds. The summed E-state index contributed by atoms with van der Waals surface area (Å²) in [6, 6.07) is 14.9. The summed E-state index contributed by atoms with van der Waals surface area (Å²) < 4.78 is 27.7. The van der Waals surface area contributed by atoms with Crippen molar-refractivity contribution in [1.29, 1.82) is 0 Å². The molecule has 4 aliphatic heterocycles. The number of alkyl carbamates (subject to hydrolysis) is 2. The maximum Gasteiger partial charge on any atom is 0.407 e. The van der Waals surface area contributed by atoms with Gasteiger partial charge in [-0.15, -0.1) is 0 Å². The SMILES string of the molecule is COC(=O)NC(C(=O)N1CC2(C[C@H]1c1nc3c([nH]1)CCc1cc(-c4ccc5c(ccc6[nH]c([C@@H]7CCCN7C(=O)[C@@H](NC(=O)OC)C(C)C)nc65)c4)ccc1-3)OCCO2)C1CCOCC1. The summed E-state index contributed by atoms with van der Waals surface area (Å²) in [7, 11) is 2.60. The number of aromatic nitrogens is 4. The maximum absolute atomic E-state index is 14.6. The third-order valence-electron chi connectivity index (χ3n) is 14.0. The van der Waals surface area contributed by atoms with Gasteiger partial charge in [0.1, 0.15) is 23.7 Å². The van der Waals surface area contributed by atoms with Crippen molar-refractivity contribution in [3.63, 3.8) is 0 Å². The van der Waals surface area contributed by atoms with Crippen LogP contribution in [0.5, 0.6) is 0 Å². The molecule has 0 radical (unpaired) electrons. The molecule has 4 fully saturated rings. The summed E-state index contributed by atoms with van der Waals surface area (Å²) in [6.07, 6.45) is 3.60. The van der Waals surface area contributed by atoms with Gasteiger partial charge in [0.2, 0.25) is 11.8 Å². The highest BCUT2D eigenvalue weighted by molar-refractivity contribution is 6.05. The number of hydrogen-bond acceptors (Lipinski definition) is 11. The fourth-order valence-electron chi connectivity index (χ4n) is 10.6. The Morgan fingerprint density at radius 3 is 2.31 bits per heavy atom. The van der Waals surface area contributed by atoms with Gasteiger partial charge in [0.15, 0.2) is 5.79 Å². The molecule has 6 heterocycles. The van der Waals surface area contributed by atoms with Gasteiger partial charge in [0.05, 0.1) is 62.8 Å². The second-order valence-corrected chi connectivity index (χ2v) is 18.2. The number of amides is 4. The molecule has 4 N–H and O–H groups in total. The number of rotatable bonds is 9. The Kier molecular flexibility index (Phi) is 11.5. The number of aromatic amines is 2. The lowest BCUT2D eigenvalue weighted by Gasteiger charge is -2.34. The normalized spacial score (nSPS) is 21.4. The van der Waals surface area contributed by atoms with Crippen LogP contribution >= 0.6 is 0 Å². The fraction of sp³-hybridized carbons (Fsp3) is 0.500. The molecule has 5 aliphatic rings. The van der Waals surface area contributed by atoms with Crippen LogP contribution in [-0.4, -0.2) is 125 Å². The van der Waals surface area contributed by atoms with Gasteiger partial charge >= 0.3 is 12.2 Å². The topological polar surface area (TPSA) is 202 Å². The summed E-state index contributed by atoms with van der Waals surface area (Å²) in [5.41, 5.74) is 8.06. The van der Waals surface area contributed by atoms with Crippen molar-refractivity contribution in [1.82, 2.24) is 40.4 Å². The first kappa shape index (κ1) is 42.9. The van der Waals surface area contributed by atoms with Gasteiger partial charge in [-0.2, -0.15) is 0 Å². The van der Waals surface area contributed by atoms with Gasteiger partial charge in [-0.25, -0.2) is 19.6 Å². The van der Waals surface area contributed by atoms with Gasteiger partial charge in [-0.3, -0.25) is 9.59 Å². The van der Waals surface area contributed by atoms with Crippen LogP contribution in [0.2, 0.25) is 0 Å². The second-order valence-electron chi connectivity index (χ2n) is 18.2. The van der Waals surface area contributed by atoms with E-state index in [4.69, 9.17) is 33.7 Å². The molecule has 17 heteroatoms. The minimum absolute atomic E-state index is 0.111. The quantitative estimate of drug-likeness (QED) is 0.134. The number of hydrogen-bond donors (Lipinski definition) is 4. The predicted octanol–water partition coefficient (Wildman–Crippen LogP) is 6.08. The van der Waals surface area contributed by atoms with Crippen molar-refractivity contribution in [2.75, 3.05) is 53.7 Å². The number of aryl methyl sites for hydroxylation is 2. The smallest absolute Gasteiger partial charge is 0.407 e. The Morgan fingerprint density at radius 1 is 0.800 bits per heavy atom. The van der Waals surface area contributed by atoms with Crippen molar-refractivity contribution in [3.05, 3.63) is 71.4 Å². The fourth-order valence-corrected chi connectivity index (χ4v) is 10.6. The predicted molar refractivity (Wildman–Crippen MR) is 238 cm³/mol.